The molecule has 8 heteroatoms. The van der Waals surface area contributed by atoms with Crippen LogP contribution in [0.1, 0.15) is 38.5 Å². The number of ether oxygens (including phenoxy) is 3. The molecule has 0 bridgehead atoms. The Kier molecular flexibility index (Phi) is 12.1. The summed E-state index contributed by atoms with van der Waals surface area (Å²) >= 11 is 0. The van der Waals surface area contributed by atoms with Gasteiger partial charge in [0.25, 0.3) is 0 Å². The second-order valence-corrected chi connectivity index (χ2v) is 8.36. The number of guanidine groups is 1. The van der Waals surface area contributed by atoms with E-state index in [1.807, 2.05) is 7.05 Å². The molecule has 0 radical (unpaired) electrons. The number of hydrogen-bond donors (Lipinski definition) is 1. The van der Waals surface area contributed by atoms with Crippen LogP contribution in [-0.4, -0.2) is 101 Å². The Labute approximate surface area is 193 Å². The number of likely N-dealkylation sites (tertiary alicyclic amines) is 2. The molecule has 7 nitrogen and oxygen atoms in total. The van der Waals surface area contributed by atoms with E-state index in [4.69, 9.17) is 14.2 Å². The van der Waals surface area contributed by atoms with E-state index in [9.17, 15) is 0 Å². The third-order valence-electron chi connectivity index (χ3n) is 6.36. The molecule has 3 heterocycles. The number of hydrogen-bond acceptors (Lipinski definition) is 5. The van der Waals surface area contributed by atoms with Crippen molar-refractivity contribution in [2.24, 2.45) is 10.9 Å². The van der Waals surface area contributed by atoms with E-state index in [0.717, 1.165) is 77.1 Å². The summed E-state index contributed by atoms with van der Waals surface area (Å²) in [4.78, 5) is 9.43. The van der Waals surface area contributed by atoms with Crippen molar-refractivity contribution in [1.82, 2.24) is 15.1 Å². The Morgan fingerprint density at radius 1 is 1.10 bits per heavy atom. The van der Waals surface area contributed by atoms with Crippen molar-refractivity contribution >= 4 is 29.9 Å². The molecule has 0 amide bonds. The molecule has 3 rings (SSSR count). The van der Waals surface area contributed by atoms with Gasteiger partial charge in [-0.2, -0.15) is 0 Å². The van der Waals surface area contributed by atoms with Crippen molar-refractivity contribution < 1.29 is 14.2 Å². The molecule has 0 aromatic carbocycles. The van der Waals surface area contributed by atoms with Gasteiger partial charge in [0.2, 0.25) is 0 Å². The smallest absolute Gasteiger partial charge is 0.193 e. The van der Waals surface area contributed by atoms with E-state index in [1.165, 1.54) is 32.4 Å². The lowest BCUT2D eigenvalue weighted by molar-refractivity contribution is -0.0367. The first kappa shape index (κ1) is 25.1. The summed E-state index contributed by atoms with van der Waals surface area (Å²) in [5.74, 6) is 1.79. The van der Waals surface area contributed by atoms with Crippen molar-refractivity contribution in [3.63, 3.8) is 0 Å². The Morgan fingerprint density at radius 3 is 2.48 bits per heavy atom. The summed E-state index contributed by atoms with van der Waals surface area (Å²) in [5, 5.41) is 3.63. The third-order valence-corrected chi connectivity index (χ3v) is 6.36. The van der Waals surface area contributed by atoms with Crippen LogP contribution in [0.3, 0.4) is 0 Å². The zero-order valence-corrected chi connectivity index (χ0v) is 20.6. The van der Waals surface area contributed by atoms with E-state index in [1.54, 1.807) is 7.11 Å². The molecule has 1 atom stereocenters. The van der Waals surface area contributed by atoms with Gasteiger partial charge in [0, 0.05) is 46.9 Å². The summed E-state index contributed by atoms with van der Waals surface area (Å²) in [7, 11) is 3.68. The third kappa shape index (κ3) is 8.47. The van der Waals surface area contributed by atoms with Crippen molar-refractivity contribution in [2.45, 2.75) is 50.7 Å². The van der Waals surface area contributed by atoms with E-state index in [0.29, 0.717) is 12.2 Å². The number of rotatable bonds is 8. The molecule has 0 aromatic heterocycles. The first-order chi connectivity index (χ1) is 13.8. The Balaban J connectivity index is 0.00000300. The van der Waals surface area contributed by atoms with Gasteiger partial charge in [-0.3, -0.25) is 4.99 Å². The van der Waals surface area contributed by atoms with Crippen LogP contribution in [-0.2, 0) is 14.2 Å². The fraction of sp³-hybridized carbons (Fsp3) is 0.952. The van der Waals surface area contributed by atoms with E-state index in [-0.39, 0.29) is 24.0 Å². The standard InChI is InChI=1S/C21H40N4O3.HI/c1-22-21(23-16-18-5-9-24(10-6-18)13-15-26-2)25-11-7-19(8-12-25)28-17-20-4-3-14-27-20;/h18-20H,3-17H2,1-2H3,(H,22,23);1H. The highest BCUT2D eigenvalue weighted by atomic mass is 127. The molecule has 3 saturated heterocycles. The minimum atomic E-state index is 0. The second kappa shape index (κ2) is 14.0. The summed E-state index contributed by atoms with van der Waals surface area (Å²) < 4.78 is 16.9. The highest BCUT2D eigenvalue weighted by Gasteiger charge is 2.25. The van der Waals surface area contributed by atoms with Crippen molar-refractivity contribution in [1.29, 1.82) is 0 Å². The number of nitrogens with one attached hydrogen (secondary N) is 1. The molecule has 0 spiro atoms. The second-order valence-electron chi connectivity index (χ2n) is 8.36. The first-order valence-corrected chi connectivity index (χ1v) is 11.2. The molecule has 0 aliphatic carbocycles. The van der Waals surface area contributed by atoms with Crippen LogP contribution in [0, 0.1) is 5.92 Å². The normalized spacial score (nSPS) is 25.2. The molecule has 170 valence electrons. The van der Waals surface area contributed by atoms with Gasteiger partial charge in [0.1, 0.15) is 0 Å². The molecule has 0 saturated carbocycles. The number of nitrogens with zero attached hydrogens (tertiary/aromatic N) is 3. The van der Waals surface area contributed by atoms with Crippen LogP contribution < -0.4 is 5.32 Å². The number of methoxy groups -OCH3 is 1. The molecule has 3 fully saturated rings. The molecule has 3 aliphatic heterocycles. The van der Waals surface area contributed by atoms with Gasteiger partial charge in [0.15, 0.2) is 5.96 Å². The van der Waals surface area contributed by atoms with Gasteiger partial charge in [-0.25, -0.2) is 0 Å². The van der Waals surface area contributed by atoms with Gasteiger partial charge >= 0.3 is 0 Å². The SMILES string of the molecule is CN=C(NCC1CCN(CCOC)CC1)N1CCC(OCC2CCCO2)CC1.I. The molecule has 3 aliphatic rings. The minimum absolute atomic E-state index is 0. The highest BCUT2D eigenvalue weighted by molar-refractivity contribution is 14.0. The predicted molar refractivity (Wildman–Crippen MR) is 127 cm³/mol. The average molecular weight is 524 g/mol. The largest absolute Gasteiger partial charge is 0.383 e. The fourth-order valence-electron chi connectivity index (χ4n) is 4.46. The van der Waals surface area contributed by atoms with Crippen LogP contribution in [0.5, 0.6) is 0 Å². The molecule has 1 N–H and O–H groups in total. The lowest BCUT2D eigenvalue weighted by Crippen LogP contribution is -2.49. The van der Waals surface area contributed by atoms with Gasteiger partial charge in [-0.1, -0.05) is 0 Å². The Bertz CT molecular complexity index is 461. The predicted octanol–water partition coefficient (Wildman–Crippen LogP) is 2.20. The van der Waals surface area contributed by atoms with Crippen LogP contribution in [0.25, 0.3) is 0 Å². The quantitative estimate of drug-likeness (QED) is 0.299. The Morgan fingerprint density at radius 2 is 1.86 bits per heavy atom. The maximum Gasteiger partial charge on any atom is 0.193 e. The molecule has 0 aromatic rings. The van der Waals surface area contributed by atoms with E-state index in [2.05, 4.69) is 20.1 Å². The van der Waals surface area contributed by atoms with Crippen molar-refractivity contribution in [3.8, 4) is 0 Å². The van der Waals surface area contributed by atoms with Crippen LogP contribution in [0.4, 0.5) is 0 Å². The van der Waals surface area contributed by atoms with Crippen LogP contribution in [0.15, 0.2) is 4.99 Å². The average Bonchev–Trinajstić information content (AvgIpc) is 3.26. The van der Waals surface area contributed by atoms with Gasteiger partial charge in [0.05, 0.1) is 25.4 Å². The van der Waals surface area contributed by atoms with E-state index < -0.39 is 0 Å². The zero-order chi connectivity index (χ0) is 19.6. The molecule has 29 heavy (non-hydrogen) atoms. The van der Waals surface area contributed by atoms with Crippen LogP contribution >= 0.6 is 24.0 Å². The van der Waals surface area contributed by atoms with Gasteiger partial charge < -0.3 is 29.3 Å². The topological polar surface area (TPSA) is 58.6 Å². The molecule has 1 unspecified atom stereocenters. The first-order valence-electron chi connectivity index (χ1n) is 11.2. The van der Waals surface area contributed by atoms with Gasteiger partial charge in [-0.05, 0) is 57.5 Å². The van der Waals surface area contributed by atoms with Gasteiger partial charge in [-0.15, -0.1) is 24.0 Å². The maximum atomic E-state index is 6.10. The summed E-state index contributed by atoms with van der Waals surface area (Å²) in [6.07, 6.45) is 7.70. The lowest BCUT2D eigenvalue weighted by Gasteiger charge is -2.36. The summed E-state index contributed by atoms with van der Waals surface area (Å²) in [6, 6.07) is 0. The monoisotopic (exact) mass is 524 g/mol. The molecular formula is C21H41IN4O3. The van der Waals surface area contributed by atoms with E-state index >= 15 is 0 Å². The number of piperidine rings is 2. The zero-order valence-electron chi connectivity index (χ0n) is 18.3. The highest BCUT2D eigenvalue weighted by Crippen LogP contribution is 2.19. The maximum absolute atomic E-state index is 6.10. The Hall–Kier alpha value is -0.160. The summed E-state index contributed by atoms with van der Waals surface area (Å²) in [5.41, 5.74) is 0. The van der Waals surface area contributed by atoms with Crippen molar-refractivity contribution in [2.75, 3.05) is 73.2 Å². The molecular weight excluding hydrogens is 483 g/mol. The van der Waals surface area contributed by atoms with Crippen LogP contribution in [0.2, 0.25) is 0 Å². The van der Waals surface area contributed by atoms with Crippen molar-refractivity contribution in [3.05, 3.63) is 0 Å². The number of halogens is 1. The number of aliphatic imine (C=N–C) groups is 1. The summed E-state index contributed by atoms with van der Waals surface area (Å²) in [6.45, 7) is 8.99. The fourth-order valence-corrected chi connectivity index (χ4v) is 4.46. The minimum Gasteiger partial charge on any atom is -0.383 e. The lowest BCUT2D eigenvalue weighted by atomic mass is 9.97.